The maximum Gasteiger partial charge on any atom is 0.132 e. The summed E-state index contributed by atoms with van der Waals surface area (Å²) >= 11 is 0. The van der Waals surface area contributed by atoms with E-state index in [1.807, 2.05) is 20.8 Å². The Labute approximate surface area is 311 Å². The summed E-state index contributed by atoms with van der Waals surface area (Å²) in [5.74, 6) is 0.915. The molecule has 0 unspecified atom stereocenters. The molecule has 0 spiro atoms. The molecule has 0 rings (SSSR count). The van der Waals surface area contributed by atoms with Crippen molar-refractivity contribution in [3.63, 3.8) is 0 Å². The average molecular weight is 739 g/mol. The van der Waals surface area contributed by atoms with Crippen molar-refractivity contribution in [2.75, 3.05) is 119 Å². The first-order valence-electron chi connectivity index (χ1n) is 19.7. The van der Waals surface area contributed by atoms with Gasteiger partial charge in [0.2, 0.25) is 0 Å². The number of carbonyl (C=O) groups is 3. The van der Waals surface area contributed by atoms with Crippen molar-refractivity contribution < 1.29 is 57.0 Å². The van der Waals surface area contributed by atoms with E-state index < -0.39 is 0 Å². The van der Waals surface area contributed by atoms with E-state index in [9.17, 15) is 14.4 Å². The molecule has 0 saturated carbocycles. The SMILES string of the molecule is CCCOCCOCCCC(=O)CC.CCCOCCOCCOCCCC(=O)CC.CCCOCCOCCOCCOCCCC(=O)CC. The van der Waals surface area contributed by atoms with Crippen molar-refractivity contribution >= 4 is 17.3 Å². The molecular weight excluding hydrogens is 660 g/mol. The van der Waals surface area contributed by atoms with Gasteiger partial charge in [-0.15, -0.1) is 0 Å². The van der Waals surface area contributed by atoms with Gasteiger partial charge in [-0.3, -0.25) is 14.4 Å². The molecule has 306 valence electrons. The fourth-order valence-corrected chi connectivity index (χ4v) is 3.70. The van der Waals surface area contributed by atoms with Crippen LogP contribution >= 0.6 is 0 Å². The molecule has 0 aliphatic rings. The van der Waals surface area contributed by atoms with Crippen LogP contribution in [0.2, 0.25) is 0 Å². The highest BCUT2D eigenvalue weighted by molar-refractivity contribution is 5.78. The molecule has 0 fully saturated rings. The molecule has 0 N–H and O–H groups in total. The molecule has 0 aromatic heterocycles. The minimum Gasteiger partial charge on any atom is -0.379 e. The third kappa shape index (κ3) is 55.6. The van der Waals surface area contributed by atoms with Crippen LogP contribution in [0, 0.1) is 0 Å². The molecule has 12 nitrogen and oxygen atoms in total. The van der Waals surface area contributed by atoms with Crippen molar-refractivity contribution in [1.82, 2.24) is 0 Å². The lowest BCUT2D eigenvalue weighted by Gasteiger charge is -2.07. The van der Waals surface area contributed by atoms with E-state index >= 15 is 0 Å². The zero-order valence-electron chi connectivity index (χ0n) is 33.6. The fourth-order valence-electron chi connectivity index (χ4n) is 3.70. The molecule has 0 aliphatic carbocycles. The summed E-state index contributed by atoms with van der Waals surface area (Å²) < 4.78 is 47.8. The lowest BCUT2D eigenvalue weighted by molar-refractivity contribution is -0.119. The summed E-state index contributed by atoms with van der Waals surface area (Å²) in [5.41, 5.74) is 0. The largest absolute Gasteiger partial charge is 0.379 e. The Kier molecular flexibility index (Phi) is 53.7. The summed E-state index contributed by atoms with van der Waals surface area (Å²) in [5, 5.41) is 0. The Morgan fingerprint density at radius 1 is 0.275 bits per heavy atom. The van der Waals surface area contributed by atoms with Gasteiger partial charge in [-0.1, -0.05) is 41.5 Å². The first kappa shape index (κ1) is 54.0. The fraction of sp³-hybridized carbons (Fsp3) is 0.923. The van der Waals surface area contributed by atoms with E-state index in [1.165, 1.54) is 0 Å². The van der Waals surface area contributed by atoms with Gasteiger partial charge in [0.1, 0.15) is 17.3 Å². The predicted octanol–water partition coefficient (Wildman–Crippen LogP) is 6.62. The van der Waals surface area contributed by atoms with Crippen LogP contribution in [0.25, 0.3) is 0 Å². The van der Waals surface area contributed by atoms with Crippen molar-refractivity contribution in [2.45, 2.75) is 119 Å². The Bertz CT molecular complexity index is 693. The van der Waals surface area contributed by atoms with Gasteiger partial charge in [-0.2, -0.15) is 0 Å². The normalized spacial score (nSPS) is 10.7. The third-order valence-electron chi connectivity index (χ3n) is 6.69. The topological polar surface area (TPSA) is 134 Å². The number of hydrogen-bond acceptors (Lipinski definition) is 12. The van der Waals surface area contributed by atoms with E-state index in [2.05, 4.69) is 20.8 Å². The second-order valence-electron chi connectivity index (χ2n) is 11.5. The summed E-state index contributed by atoms with van der Waals surface area (Å²) in [4.78, 5) is 32.9. The van der Waals surface area contributed by atoms with Gasteiger partial charge in [0.15, 0.2) is 0 Å². The number of ketones is 3. The van der Waals surface area contributed by atoms with Gasteiger partial charge in [0.25, 0.3) is 0 Å². The van der Waals surface area contributed by atoms with E-state index in [0.717, 1.165) is 58.3 Å². The van der Waals surface area contributed by atoms with E-state index in [0.29, 0.717) is 155 Å². The maximum absolute atomic E-state index is 11.0. The van der Waals surface area contributed by atoms with Gasteiger partial charge in [-0.25, -0.2) is 0 Å². The lowest BCUT2D eigenvalue weighted by atomic mass is 10.2. The highest BCUT2D eigenvalue weighted by Gasteiger charge is 2.00. The Morgan fingerprint density at radius 2 is 0.451 bits per heavy atom. The smallest absolute Gasteiger partial charge is 0.132 e. The van der Waals surface area contributed by atoms with Crippen LogP contribution in [-0.2, 0) is 57.0 Å². The molecule has 0 aromatic carbocycles. The molecule has 0 heterocycles. The van der Waals surface area contributed by atoms with Crippen LogP contribution in [0.4, 0.5) is 0 Å². The van der Waals surface area contributed by atoms with Crippen LogP contribution in [0.5, 0.6) is 0 Å². The van der Waals surface area contributed by atoms with Crippen molar-refractivity contribution in [3.05, 3.63) is 0 Å². The van der Waals surface area contributed by atoms with E-state index in [4.69, 9.17) is 42.6 Å². The zero-order chi connectivity index (χ0) is 38.3. The molecule has 0 saturated heterocycles. The zero-order valence-corrected chi connectivity index (χ0v) is 33.6. The molecule has 51 heavy (non-hydrogen) atoms. The number of Topliss-reactive ketones (excluding diaryl/α,β-unsaturated/α-hetero) is 3. The van der Waals surface area contributed by atoms with Crippen molar-refractivity contribution in [2.24, 2.45) is 0 Å². The summed E-state index contributed by atoms with van der Waals surface area (Å²) in [6.07, 6.45) is 9.34. The van der Waals surface area contributed by atoms with Gasteiger partial charge in [-0.05, 0) is 38.5 Å². The maximum atomic E-state index is 11.0. The van der Waals surface area contributed by atoms with Crippen LogP contribution < -0.4 is 0 Å². The molecule has 12 heteroatoms. The average Bonchev–Trinajstić information content (AvgIpc) is 3.15. The van der Waals surface area contributed by atoms with Gasteiger partial charge in [0.05, 0.1) is 79.3 Å². The first-order valence-corrected chi connectivity index (χ1v) is 19.7. The minimum atomic E-state index is 0.296. The van der Waals surface area contributed by atoms with Crippen molar-refractivity contribution in [3.8, 4) is 0 Å². The van der Waals surface area contributed by atoms with E-state index in [1.54, 1.807) is 0 Å². The number of rotatable bonds is 39. The predicted molar refractivity (Wildman–Crippen MR) is 202 cm³/mol. The monoisotopic (exact) mass is 739 g/mol. The number of carbonyl (C=O) groups excluding carboxylic acids is 3. The lowest BCUT2D eigenvalue weighted by Crippen LogP contribution is -2.12. The van der Waals surface area contributed by atoms with E-state index in [-0.39, 0.29) is 0 Å². The van der Waals surface area contributed by atoms with Gasteiger partial charge >= 0.3 is 0 Å². The Balaban J connectivity index is -0.000000689. The molecule has 0 aliphatic heterocycles. The molecule has 0 radical (unpaired) electrons. The highest BCUT2D eigenvalue weighted by atomic mass is 16.6. The molecular formula is C39H78O12. The molecule has 0 amide bonds. The molecule has 0 atom stereocenters. The second-order valence-corrected chi connectivity index (χ2v) is 11.5. The van der Waals surface area contributed by atoms with Crippen LogP contribution in [-0.4, -0.2) is 136 Å². The summed E-state index contributed by atoms with van der Waals surface area (Å²) in [6.45, 7) is 23.6. The summed E-state index contributed by atoms with van der Waals surface area (Å²) in [7, 11) is 0. The minimum absolute atomic E-state index is 0.296. The third-order valence-corrected chi connectivity index (χ3v) is 6.69. The Morgan fingerprint density at radius 3 is 0.627 bits per heavy atom. The first-order chi connectivity index (χ1) is 24.9. The quantitative estimate of drug-likeness (QED) is 0.0628. The van der Waals surface area contributed by atoms with Crippen LogP contribution in [0.1, 0.15) is 119 Å². The molecule has 0 bridgehead atoms. The molecule has 0 aromatic rings. The van der Waals surface area contributed by atoms with Gasteiger partial charge < -0.3 is 42.6 Å². The number of hydrogen-bond donors (Lipinski definition) is 0. The number of ether oxygens (including phenoxy) is 9. The summed E-state index contributed by atoms with van der Waals surface area (Å²) in [6, 6.07) is 0. The van der Waals surface area contributed by atoms with Gasteiger partial charge in [0, 0.05) is 78.2 Å². The highest BCUT2D eigenvalue weighted by Crippen LogP contribution is 1.97. The van der Waals surface area contributed by atoms with Crippen LogP contribution in [0.15, 0.2) is 0 Å². The van der Waals surface area contributed by atoms with Crippen molar-refractivity contribution in [1.29, 1.82) is 0 Å². The Hall–Kier alpha value is -1.35. The second kappa shape index (κ2) is 50.8. The van der Waals surface area contributed by atoms with Crippen LogP contribution in [0.3, 0.4) is 0 Å². The standard InChI is InChI=1S/C15H30O5.C13H26O4.C11H22O3/c1-3-7-17-9-11-19-13-14-20-12-10-18-8-5-6-15(16)4-2;1-3-7-15-9-11-17-12-10-16-8-5-6-13(14)4-2;1-3-7-13-9-10-14-8-5-6-11(12)4-2/h3-14H2,1-2H3;3-12H2,1-2H3;3-10H2,1-2H3.